The Labute approximate surface area is 185 Å². The number of carboxylic acid groups (broad SMARTS) is 1. The standard InChI is InChI=1S/C24H24N2O3.BrH/c1-15-18-9-11-26(10-5-3-4-6-22(28)29)13-20(18)16(2)24-23(15)19-12-17(14-27)7-8-21(19)25-24;/h7-9,11-14H,3-6,10H2,1-2H3,(H,28,29);1H. The van der Waals surface area contributed by atoms with Gasteiger partial charge in [-0.1, -0.05) is 0 Å². The van der Waals surface area contributed by atoms with Crippen molar-refractivity contribution < 1.29 is 36.2 Å². The van der Waals surface area contributed by atoms with Gasteiger partial charge in [0.2, 0.25) is 0 Å². The van der Waals surface area contributed by atoms with Gasteiger partial charge in [-0.25, -0.2) is 4.57 Å². The molecule has 0 radical (unpaired) electrons. The summed E-state index contributed by atoms with van der Waals surface area (Å²) in [4.78, 5) is 25.4. The van der Waals surface area contributed by atoms with E-state index in [2.05, 4.69) is 41.9 Å². The van der Waals surface area contributed by atoms with Crippen molar-refractivity contribution in [2.75, 3.05) is 0 Å². The van der Waals surface area contributed by atoms with Crippen LogP contribution in [0.2, 0.25) is 0 Å². The summed E-state index contributed by atoms with van der Waals surface area (Å²) in [5.74, 6) is -0.725. The molecule has 0 aliphatic carbocycles. The van der Waals surface area contributed by atoms with Crippen molar-refractivity contribution in [1.82, 2.24) is 4.98 Å². The zero-order chi connectivity index (χ0) is 20.5. The number of nitrogens with one attached hydrogen (secondary N) is 1. The van der Waals surface area contributed by atoms with Gasteiger partial charge >= 0.3 is 5.97 Å². The Kier molecular flexibility index (Phi) is 6.56. The predicted molar refractivity (Wildman–Crippen MR) is 114 cm³/mol. The maximum atomic E-state index is 11.2. The van der Waals surface area contributed by atoms with Crippen LogP contribution in [0.1, 0.15) is 47.2 Å². The Balaban J connectivity index is 0.00000256. The summed E-state index contributed by atoms with van der Waals surface area (Å²) in [6.45, 7) is 5.15. The van der Waals surface area contributed by atoms with Gasteiger partial charge in [0, 0.05) is 40.8 Å². The minimum atomic E-state index is -0.725. The monoisotopic (exact) mass is 468 g/mol. The van der Waals surface area contributed by atoms with E-state index in [0.717, 1.165) is 48.5 Å². The van der Waals surface area contributed by atoms with Gasteiger partial charge in [0.05, 0.1) is 10.9 Å². The Morgan fingerprint density at radius 1 is 1.07 bits per heavy atom. The number of carbonyl (C=O) groups excluding carboxylic acids is 1. The lowest BCUT2D eigenvalue weighted by atomic mass is 9.96. The van der Waals surface area contributed by atoms with E-state index in [1.54, 1.807) is 0 Å². The molecular weight excluding hydrogens is 444 g/mol. The smallest absolute Gasteiger partial charge is 0.303 e. The number of rotatable bonds is 7. The van der Waals surface area contributed by atoms with Crippen molar-refractivity contribution in [2.24, 2.45) is 0 Å². The molecule has 0 fully saturated rings. The Morgan fingerprint density at radius 3 is 2.60 bits per heavy atom. The van der Waals surface area contributed by atoms with Crippen LogP contribution >= 0.6 is 0 Å². The summed E-state index contributed by atoms with van der Waals surface area (Å²) in [6.07, 6.45) is 8.02. The van der Waals surface area contributed by atoms with Crippen molar-refractivity contribution in [3.63, 3.8) is 0 Å². The average molecular weight is 469 g/mol. The maximum absolute atomic E-state index is 11.2. The number of aromatic amines is 1. The van der Waals surface area contributed by atoms with Crippen molar-refractivity contribution in [3.8, 4) is 0 Å². The first-order chi connectivity index (χ1) is 14.0. The molecule has 0 amide bonds. The molecule has 2 aromatic heterocycles. The first-order valence-corrected chi connectivity index (χ1v) is 10.0. The molecule has 0 saturated heterocycles. The summed E-state index contributed by atoms with van der Waals surface area (Å²) in [5.41, 5.74) is 5.25. The van der Waals surface area contributed by atoms with Crippen molar-refractivity contribution in [1.29, 1.82) is 0 Å². The minimum Gasteiger partial charge on any atom is -1.00 e. The fraction of sp³-hybridized carbons (Fsp3) is 0.292. The van der Waals surface area contributed by atoms with Crippen LogP contribution in [0.15, 0.2) is 36.7 Å². The van der Waals surface area contributed by atoms with Crippen molar-refractivity contribution in [2.45, 2.75) is 46.1 Å². The third kappa shape index (κ3) is 3.97. The largest absolute Gasteiger partial charge is 1.00 e. The van der Waals surface area contributed by atoms with Crippen LogP contribution < -0.4 is 21.5 Å². The molecule has 0 bridgehead atoms. The zero-order valence-electron chi connectivity index (χ0n) is 17.2. The third-order valence-electron chi connectivity index (χ3n) is 5.84. The number of pyridine rings is 1. The molecule has 156 valence electrons. The molecule has 0 unspecified atom stereocenters. The van der Waals surface area contributed by atoms with E-state index in [-0.39, 0.29) is 23.4 Å². The molecule has 0 saturated carbocycles. The Hall–Kier alpha value is -2.73. The van der Waals surface area contributed by atoms with E-state index in [9.17, 15) is 9.59 Å². The number of aryl methyl sites for hydroxylation is 3. The van der Waals surface area contributed by atoms with E-state index < -0.39 is 5.97 Å². The first kappa shape index (κ1) is 22.0. The third-order valence-corrected chi connectivity index (χ3v) is 5.84. The number of carbonyl (C=O) groups is 2. The molecule has 2 heterocycles. The number of aldehydes is 1. The van der Waals surface area contributed by atoms with Crippen LogP contribution in [0.4, 0.5) is 0 Å². The van der Waals surface area contributed by atoms with Crippen molar-refractivity contribution >= 4 is 44.8 Å². The molecule has 6 heteroatoms. The number of carboxylic acids is 1. The highest BCUT2D eigenvalue weighted by Gasteiger charge is 2.16. The van der Waals surface area contributed by atoms with Gasteiger partial charge in [0.1, 0.15) is 12.8 Å². The molecule has 2 aromatic carbocycles. The van der Waals surface area contributed by atoms with Gasteiger partial charge in [-0.05, 0) is 61.4 Å². The van der Waals surface area contributed by atoms with Crippen LogP contribution in [0.3, 0.4) is 0 Å². The normalized spacial score (nSPS) is 11.1. The lowest BCUT2D eigenvalue weighted by Crippen LogP contribution is -3.00. The number of aromatic nitrogens is 2. The molecule has 4 aromatic rings. The van der Waals surface area contributed by atoms with Gasteiger partial charge in [0.25, 0.3) is 0 Å². The number of benzene rings is 2. The van der Waals surface area contributed by atoms with Crippen LogP contribution in [0.5, 0.6) is 0 Å². The van der Waals surface area contributed by atoms with Crippen LogP contribution in [-0.4, -0.2) is 22.3 Å². The van der Waals surface area contributed by atoms with Gasteiger partial charge in [-0.2, -0.15) is 0 Å². The molecule has 4 rings (SSSR count). The number of hydrogen-bond donors (Lipinski definition) is 2. The molecule has 0 aliphatic heterocycles. The number of aliphatic carboxylic acids is 1. The minimum absolute atomic E-state index is 0. The van der Waals surface area contributed by atoms with E-state index >= 15 is 0 Å². The second-order valence-electron chi connectivity index (χ2n) is 7.76. The predicted octanol–water partition coefficient (Wildman–Crippen LogP) is 1.84. The zero-order valence-corrected chi connectivity index (χ0v) is 18.8. The fourth-order valence-electron chi connectivity index (χ4n) is 4.27. The summed E-state index contributed by atoms with van der Waals surface area (Å²) >= 11 is 0. The summed E-state index contributed by atoms with van der Waals surface area (Å²) in [6, 6.07) is 7.93. The molecule has 0 spiro atoms. The van der Waals surface area contributed by atoms with E-state index in [1.165, 1.54) is 27.3 Å². The van der Waals surface area contributed by atoms with Crippen LogP contribution in [0.25, 0.3) is 32.6 Å². The SMILES string of the molecule is Cc1c2c[n+](CCCCCC(=O)O)ccc2c(C)c2c1[nH]c1ccc(C=O)cc12.[Br-]. The Bertz CT molecular complexity index is 1260. The van der Waals surface area contributed by atoms with Gasteiger partial charge in [-0.3, -0.25) is 9.59 Å². The number of nitrogens with zero attached hydrogens (tertiary/aromatic N) is 1. The summed E-state index contributed by atoms with van der Waals surface area (Å²) < 4.78 is 2.19. The summed E-state index contributed by atoms with van der Waals surface area (Å²) in [5, 5.41) is 13.4. The lowest BCUT2D eigenvalue weighted by molar-refractivity contribution is -0.696. The molecule has 30 heavy (non-hydrogen) atoms. The van der Waals surface area contributed by atoms with Gasteiger partial charge < -0.3 is 27.1 Å². The van der Waals surface area contributed by atoms with E-state index in [0.29, 0.717) is 5.56 Å². The first-order valence-electron chi connectivity index (χ1n) is 10.0. The fourth-order valence-corrected chi connectivity index (χ4v) is 4.27. The number of fused-ring (bicyclic) bond motifs is 4. The van der Waals surface area contributed by atoms with Crippen molar-refractivity contribution in [3.05, 3.63) is 53.3 Å². The number of unbranched alkanes of at least 4 members (excludes halogenated alkanes) is 2. The molecule has 5 nitrogen and oxygen atoms in total. The number of hydrogen-bond acceptors (Lipinski definition) is 2. The number of halogens is 1. The topological polar surface area (TPSA) is 74.0 Å². The van der Waals surface area contributed by atoms with Gasteiger partial charge in [0.15, 0.2) is 12.4 Å². The lowest BCUT2D eigenvalue weighted by Gasteiger charge is -2.08. The Morgan fingerprint density at radius 2 is 1.87 bits per heavy atom. The van der Waals surface area contributed by atoms with E-state index in [4.69, 9.17) is 5.11 Å². The van der Waals surface area contributed by atoms with Gasteiger partial charge in [-0.15, -0.1) is 0 Å². The quantitative estimate of drug-likeness (QED) is 0.247. The second kappa shape index (κ2) is 8.96. The molecule has 2 N–H and O–H groups in total. The highest BCUT2D eigenvalue weighted by molar-refractivity contribution is 6.16. The second-order valence-corrected chi connectivity index (χ2v) is 7.76. The van der Waals surface area contributed by atoms with Crippen LogP contribution in [0, 0.1) is 13.8 Å². The van der Waals surface area contributed by atoms with E-state index in [1.807, 2.05) is 18.2 Å². The number of H-pyrrole nitrogens is 1. The average Bonchev–Trinajstić information content (AvgIpc) is 3.10. The highest BCUT2D eigenvalue weighted by atomic mass is 79.9. The maximum Gasteiger partial charge on any atom is 0.303 e. The molecule has 0 atom stereocenters. The summed E-state index contributed by atoms with van der Waals surface area (Å²) in [7, 11) is 0. The van der Waals surface area contributed by atoms with Crippen LogP contribution in [-0.2, 0) is 11.3 Å². The molecular formula is C24H25BrN2O3. The highest BCUT2D eigenvalue weighted by Crippen LogP contribution is 2.36. The molecule has 0 aliphatic rings.